The molecule has 0 aliphatic carbocycles. The maximum absolute atomic E-state index is 13.6. The zero-order valence-corrected chi connectivity index (χ0v) is 11.9. The fraction of sp³-hybridized carbons (Fsp3) is 0.400. The molecule has 0 radical (unpaired) electrons. The molecule has 0 bridgehead atoms. The van der Waals surface area contributed by atoms with Crippen LogP contribution in [0.4, 0.5) is 4.39 Å². The molecule has 1 fully saturated rings. The Hall–Kier alpha value is -2.24. The summed E-state index contributed by atoms with van der Waals surface area (Å²) in [5.74, 6) is -1.83. The SMILES string of the molecule is COc1ccc(C(=O)CN2C(=O)CC(C)CC2=O)cc1F. The van der Waals surface area contributed by atoms with Crippen LogP contribution in [0.1, 0.15) is 30.1 Å². The molecule has 1 saturated heterocycles. The second-order valence-electron chi connectivity index (χ2n) is 5.16. The van der Waals surface area contributed by atoms with Gasteiger partial charge in [-0.1, -0.05) is 6.92 Å². The van der Waals surface area contributed by atoms with Crippen LogP contribution in [0.5, 0.6) is 5.75 Å². The number of Topliss-reactive ketones (excluding diaryl/α,β-unsaturated/α-hetero) is 1. The number of halogens is 1. The van der Waals surface area contributed by atoms with E-state index in [4.69, 9.17) is 4.74 Å². The highest BCUT2D eigenvalue weighted by Gasteiger charge is 2.31. The van der Waals surface area contributed by atoms with Crippen molar-refractivity contribution < 1.29 is 23.5 Å². The first-order chi connectivity index (χ1) is 9.92. The van der Waals surface area contributed by atoms with Crippen LogP contribution in [0.3, 0.4) is 0 Å². The molecule has 1 aromatic rings. The van der Waals surface area contributed by atoms with Crippen LogP contribution in [0, 0.1) is 11.7 Å². The quantitative estimate of drug-likeness (QED) is 0.627. The molecule has 1 heterocycles. The Morgan fingerprint density at radius 1 is 1.33 bits per heavy atom. The topological polar surface area (TPSA) is 63.7 Å². The summed E-state index contributed by atoms with van der Waals surface area (Å²) >= 11 is 0. The van der Waals surface area contributed by atoms with Gasteiger partial charge in [-0.2, -0.15) is 0 Å². The highest BCUT2D eigenvalue weighted by atomic mass is 19.1. The molecular formula is C15H16FNO4. The van der Waals surface area contributed by atoms with Crippen LogP contribution in [0.2, 0.25) is 0 Å². The number of amides is 2. The Kier molecular flexibility index (Phi) is 4.35. The minimum absolute atomic E-state index is 0.00483. The van der Waals surface area contributed by atoms with Gasteiger partial charge in [0.25, 0.3) is 0 Å². The van der Waals surface area contributed by atoms with Gasteiger partial charge in [0.15, 0.2) is 17.3 Å². The fourth-order valence-electron chi connectivity index (χ4n) is 2.28. The Bertz CT molecular complexity index is 581. The lowest BCUT2D eigenvalue weighted by Crippen LogP contribution is -2.45. The number of methoxy groups -OCH3 is 1. The summed E-state index contributed by atoms with van der Waals surface area (Å²) in [4.78, 5) is 36.6. The summed E-state index contributed by atoms with van der Waals surface area (Å²) in [6.07, 6.45) is 0.492. The van der Waals surface area contributed by atoms with E-state index >= 15 is 0 Å². The first-order valence-electron chi connectivity index (χ1n) is 6.62. The highest BCUT2D eigenvalue weighted by molar-refractivity contribution is 6.05. The summed E-state index contributed by atoms with van der Waals surface area (Å²) in [6.45, 7) is 1.46. The number of ketones is 1. The Morgan fingerprint density at radius 3 is 2.48 bits per heavy atom. The molecule has 6 heteroatoms. The van der Waals surface area contributed by atoms with Crippen LogP contribution in [0.25, 0.3) is 0 Å². The minimum Gasteiger partial charge on any atom is -0.494 e. The summed E-state index contributed by atoms with van der Waals surface area (Å²) in [6, 6.07) is 3.79. The van der Waals surface area contributed by atoms with Crippen LogP contribution in [-0.2, 0) is 9.59 Å². The fourth-order valence-corrected chi connectivity index (χ4v) is 2.28. The normalized spacial score (nSPS) is 16.2. The lowest BCUT2D eigenvalue weighted by atomic mass is 9.97. The highest BCUT2D eigenvalue weighted by Crippen LogP contribution is 2.21. The van der Waals surface area contributed by atoms with Crippen LogP contribution in [0.15, 0.2) is 18.2 Å². The summed E-state index contributed by atoms with van der Waals surface area (Å²) < 4.78 is 18.3. The standard InChI is InChI=1S/C15H16FNO4/c1-9-5-14(19)17(15(20)6-9)8-12(18)10-3-4-13(21-2)11(16)7-10/h3-4,7,9H,5-6,8H2,1-2H3. The summed E-state index contributed by atoms with van der Waals surface area (Å²) in [5.41, 5.74) is 0.104. The van der Waals surface area contributed by atoms with Crippen molar-refractivity contribution in [3.63, 3.8) is 0 Å². The predicted molar refractivity (Wildman–Crippen MR) is 72.4 cm³/mol. The van der Waals surface area contributed by atoms with E-state index in [0.717, 1.165) is 11.0 Å². The van der Waals surface area contributed by atoms with Gasteiger partial charge in [-0.25, -0.2) is 4.39 Å². The van der Waals surface area contributed by atoms with Gasteiger partial charge in [0.05, 0.1) is 13.7 Å². The lowest BCUT2D eigenvalue weighted by molar-refractivity contribution is -0.149. The molecule has 1 aliphatic rings. The van der Waals surface area contributed by atoms with Crippen LogP contribution in [-0.4, -0.2) is 36.2 Å². The molecule has 0 spiro atoms. The number of ether oxygens (including phenoxy) is 1. The maximum atomic E-state index is 13.6. The van der Waals surface area contributed by atoms with Gasteiger partial charge in [0.1, 0.15) is 0 Å². The number of hydrogen-bond donors (Lipinski definition) is 0. The van der Waals surface area contributed by atoms with Gasteiger partial charge in [-0.15, -0.1) is 0 Å². The van der Waals surface area contributed by atoms with E-state index in [9.17, 15) is 18.8 Å². The van der Waals surface area contributed by atoms with Gasteiger partial charge in [0.2, 0.25) is 11.8 Å². The zero-order chi connectivity index (χ0) is 15.6. The predicted octanol–water partition coefficient (Wildman–Crippen LogP) is 1.80. The molecule has 0 unspecified atom stereocenters. The number of imide groups is 1. The van der Waals surface area contributed by atoms with Gasteiger partial charge in [-0.05, 0) is 24.1 Å². The smallest absolute Gasteiger partial charge is 0.229 e. The van der Waals surface area contributed by atoms with Crippen molar-refractivity contribution in [2.45, 2.75) is 19.8 Å². The summed E-state index contributed by atoms with van der Waals surface area (Å²) in [7, 11) is 1.33. The van der Waals surface area contributed by atoms with E-state index in [2.05, 4.69) is 0 Å². The number of carbonyl (C=O) groups is 3. The molecule has 0 atom stereocenters. The van der Waals surface area contributed by atoms with Crippen LogP contribution < -0.4 is 4.74 Å². The van der Waals surface area contributed by atoms with Crippen molar-refractivity contribution >= 4 is 17.6 Å². The van der Waals surface area contributed by atoms with Gasteiger partial charge in [-0.3, -0.25) is 19.3 Å². The number of carbonyl (C=O) groups excluding carboxylic acids is 3. The first kappa shape index (κ1) is 15.2. The molecule has 0 saturated carbocycles. The van der Waals surface area contributed by atoms with Crippen molar-refractivity contribution in [1.82, 2.24) is 4.90 Å². The van der Waals surface area contributed by atoms with Crippen molar-refractivity contribution in [1.29, 1.82) is 0 Å². The first-order valence-corrected chi connectivity index (χ1v) is 6.62. The van der Waals surface area contributed by atoms with E-state index in [-0.39, 0.29) is 48.4 Å². The second-order valence-corrected chi connectivity index (χ2v) is 5.16. The van der Waals surface area contributed by atoms with Gasteiger partial charge in [0, 0.05) is 18.4 Å². The molecule has 2 rings (SSSR count). The van der Waals surface area contributed by atoms with Crippen LogP contribution >= 0.6 is 0 Å². The van der Waals surface area contributed by atoms with E-state index in [1.165, 1.54) is 19.2 Å². The van der Waals surface area contributed by atoms with E-state index in [1.807, 2.05) is 6.92 Å². The number of likely N-dealkylation sites (tertiary alicyclic amines) is 1. The Labute approximate surface area is 121 Å². The van der Waals surface area contributed by atoms with Crippen molar-refractivity contribution in [3.8, 4) is 5.75 Å². The largest absolute Gasteiger partial charge is 0.494 e. The number of benzene rings is 1. The number of hydrogen-bond acceptors (Lipinski definition) is 4. The molecule has 1 aromatic carbocycles. The average molecular weight is 293 g/mol. The molecule has 21 heavy (non-hydrogen) atoms. The molecular weight excluding hydrogens is 277 g/mol. The molecule has 0 aromatic heterocycles. The monoisotopic (exact) mass is 293 g/mol. The number of piperidine rings is 1. The minimum atomic E-state index is -0.659. The maximum Gasteiger partial charge on any atom is 0.229 e. The number of rotatable bonds is 4. The zero-order valence-electron chi connectivity index (χ0n) is 11.9. The van der Waals surface area contributed by atoms with E-state index in [1.54, 1.807) is 0 Å². The third kappa shape index (κ3) is 3.26. The molecule has 1 aliphatic heterocycles. The van der Waals surface area contributed by atoms with E-state index in [0.29, 0.717) is 0 Å². The van der Waals surface area contributed by atoms with Gasteiger partial charge < -0.3 is 4.74 Å². The van der Waals surface area contributed by atoms with Gasteiger partial charge >= 0.3 is 0 Å². The van der Waals surface area contributed by atoms with Crippen molar-refractivity contribution in [2.75, 3.05) is 13.7 Å². The molecule has 5 nitrogen and oxygen atoms in total. The Morgan fingerprint density at radius 2 is 1.95 bits per heavy atom. The molecule has 0 N–H and O–H groups in total. The second kappa shape index (κ2) is 6.03. The third-order valence-electron chi connectivity index (χ3n) is 3.42. The Balaban J connectivity index is 2.12. The lowest BCUT2D eigenvalue weighted by Gasteiger charge is -2.27. The molecule has 112 valence electrons. The number of nitrogens with zero attached hydrogens (tertiary/aromatic N) is 1. The van der Waals surface area contributed by atoms with E-state index < -0.39 is 11.6 Å². The van der Waals surface area contributed by atoms with Crippen molar-refractivity contribution in [3.05, 3.63) is 29.6 Å². The van der Waals surface area contributed by atoms with Crippen molar-refractivity contribution in [2.24, 2.45) is 5.92 Å². The summed E-state index contributed by atoms with van der Waals surface area (Å²) in [5, 5.41) is 0. The third-order valence-corrected chi connectivity index (χ3v) is 3.42. The average Bonchev–Trinajstić information content (AvgIpc) is 2.42. The molecule has 2 amide bonds.